The van der Waals surface area contributed by atoms with E-state index in [1.807, 2.05) is 0 Å². The summed E-state index contributed by atoms with van der Waals surface area (Å²) in [7, 11) is 0. The van der Waals surface area contributed by atoms with Gasteiger partial charge >= 0.3 is 17.9 Å². The van der Waals surface area contributed by atoms with E-state index in [0.29, 0.717) is 27.6 Å². The topological polar surface area (TPSA) is 297 Å². The highest BCUT2D eigenvalue weighted by Crippen LogP contribution is 2.47. The largest absolute Gasteiger partial charge is 0.508 e. The number of halogens is 2. The molecule has 2 aliphatic heterocycles. The summed E-state index contributed by atoms with van der Waals surface area (Å²) in [6.07, 6.45) is 0. The van der Waals surface area contributed by atoms with Crippen molar-refractivity contribution in [2.45, 2.75) is 13.1 Å². The third kappa shape index (κ3) is 7.86. The van der Waals surface area contributed by atoms with Gasteiger partial charge in [0.1, 0.15) is 34.2 Å². The quantitative estimate of drug-likeness (QED) is 0.0444. The number of amides is 2. The van der Waals surface area contributed by atoms with Crippen LogP contribution in [0.5, 0.6) is 5.75 Å². The van der Waals surface area contributed by atoms with Crippen molar-refractivity contribution in [2.75, 3.05) is 5.73 Å². The highest BCUT2D eigenvalue weighted by molar-refractivity contribution is 6.41. The number of carbonyl (C=O) groups is 5. The van der Waals surface area contributed by atoms with E-state index in [0.717, 1.165) is 6.07 Å². The number of anilines is 1. The molecule has 0 bridgehead atoms. The van der Waals surface area contributed by atoms with Gasteiger partial charge in [0.25, 0.3) is 11.8 Å². The van der Waals surface area contributed by atoms with E-state index >= 15 is 0 Å². The van der Waals surface area contributed by atoms with Crippen LogP contribution in [0.1, 0.15) is 63.3 Å². The lowest BCUT2D eigenvalue weighted by Gasteiger charge is -2.20. The van der Waals surface area contributed by atoms with E-state index in [1.54, 1.807) is 24.3 Å². The number of carbonyl (C=O) groups excluding carboxylic acids is 2. The molecule has 0 radical (unpaired) electrons. The monoisotopic (exact) mass is 952 g/mol. The van der Waals surface area contributed by atoms with Gasteiger partial charge in [0, 0.05) is 62.5 Å². The molecule has 9 rings (SSSR count). The third-order valence-electron chi connectivity index (χ3n) is 11.1. The van der Waals surface area contributed by atoms with Crippen LogP contribution in [0.15, 0.2) is 121 Å². The Morgan fingerprint density at radius 3 is 2.09 bits per heavy atom. The fourth-order valence-corrected chi connectivity index (χ4v) is 8.65. The van der Waals surface area contributed by atoms with Gasteiger partial charge in [-0.25, -0.2) is 14.4 Å². The number of benzene rings is 6. The highest BCUT2D eigenvalue weighted by Gasteiger charge is 2.30. The number of nitrogen functional groups attached to an aromatic ring is 1. The lowest BCUT2D eigenvalue weighted by Crippen LogP contribution is -2.26. The van der Waals surface area contributed by atoms with Crippen LogP contribution in [-0.4, -0.2) is 50.1 Å². The molecule has 0 fully saturated rings. The lowest BCUT2D eigenvalue weighted by molar-refractivity contribution is 0.0682. The van der Waals surface area contributed by atoms with Gasteiger partial charge in [-0.3, -0.25) is 14.4 Å². The number of hydrogen-bond donors (Lipinski definition) is 8. The van der Waals surface area contributed by atoms with Crippen LogP contribution in [-0.2, 0) is 13.1 Å². The molecule has 68 heavy (non-hydrogen) atoms. The Kier molecular flexibility index (Phi) is 11.2. The van der Waals surface area contributed by atoms with Crippen LogP contribution < -0.4 is 27.2 Å². The molecule has 1 aromatic heterocycles. The molecule has 9 N–H and O–H groups in total. The summed E-state index contributed by atoms with van der Waals surface area (Å²) in [6, 6.07) is 23.5. The highest BCUT2D eigenvalue weighted by atomic mass is 35.5. The predicted molar refractivity (Wildman–Crippen MR) is 247 cm³/mol. The number of nitrogens with one attached hydrogen (secondary N) is 3. The number of phenols is 1. The number of furan rings is 1. The van der Waals surface area contributed by atoms with E-state index in [-0.39, 0.29) is 101 Å². The van der Waals surface area contributed by atoms with Crippen molar-refractivity contribution in [2.24, 2.45) is 0 Å². The zero-order valence-electron chi connectivity index (χ0n) is 34.5. The first-order valence-corrected chi connectivity index (χ1v) is 20.8. The summed E-state index contributed by atoms with van der Waals surface area (Å²) in [5, 5.41) is 54.1. The number of aromatic hydroxyl groups is 1. The molecule has 4 aliphatic rings. The number of fused-ring (bicyclic) bond motifs is 4. The Balaban J connectivity index is 0.972. The first-order valence-electron chi connectivity index (χ1n) is 20.0. The summed E-state index contributed by atoms with van der Waals surface area (Å²) >= 11 is 13.5. The number of nitrogens with two attached hydrogens (primary N) is 1. The number of rotatable bonds is 11. The molecule has 0 atom stereocenters. The van der Waals surface area contributed by atoms with Crippen LogP contribution in [0.4, 0.5) is 5.69 Å². The van der Waals surface area contributed by atoms with Crippen LogP contribution in [0.3, 0.4) is 0 Å². The minimum atomic E-state index is -1.49. The van der Waals surface area contributed by atoms with Crippen LogP contribution >= 0.6 is 23.2 Å². The fourth-order valence-electron chi connectivity index (χ4n) is 8.04. The van der Waals surface area contributed by atoms with Gasteiger partial charge in [-0.15, -0.1) is 0 Å². The Hall–Kier alpha value is -8.93. The minimum absolute atomic E-state index is 0.00957. The first-order chi connectivity index (χ1) is 32.5. The van der Waals surface area contributed by atoms with Crippen LogP contribution in [0.2, 0.25) is 10.0 Å². The molecule has 4 aromatic carbocycles. The Bertz CT molecular complexity index is 3720. The van der Waals surface area contributed by atoms with Crippen molar-refractivity contribution in [1.82, 2.24) is 10.6 Å². The SMILES string of the molecule is N=c1ccc2c(-c3c(Cl)cc(C(=O)NCc4ccc(C(=O)NCc5c6oc7cc(O)ccc7c(-c7ccc(C(=O)O)cc7C(=O)O)c-6ccc5=O)o4)c(Cl)c3C(=O)O)c3ccc(N)cc3oc-2c1. The van der Waals surface area contributed by atoms with Crippen molar-refractivity contribution in [3.05, 3.63) is 168 Å². The van der Waals surface area contributed by atoms with Crippen LogP contribution in [0.25, 0.3) is 66.8 Å². The fraction of sp³-hybridized carbons (Fsp3) is 0.0408. The second-order valence-corrected chi connectivity index (χ2v) is 16.1. The average Bonchev–Trinajstić information content (AvgIpc) is 3.78. The minimum Gasteiger partial charge on any atom is -0.508 e. The molecule has 0 saturated heterocycles. The summed E-state index contributed by atoms with van der Waals surface area (Å²) in [5.74, 6) is -6.06. The molecule has 17 nitrogen and oxygen atoms in total. The van der Waals surface area contributed by atoms with E-state index < -0.39 is 52.3 Å². The van der Waals surface area contributed by atoms with Gasteiger partial charge in [-0.2, -0.15) is 0 Å². The van der Waals surface area contributed by atoms with Crippen molar-refractivity contribution < 1.29 is 57.7 Å². The van der Waals surface area contributed by atoms with E-state index in [1.165, 1.54) is 72.8 Å². The maximum absolute atomic E-state index is 13.6. The average molecular weight is 954 g/mol. The van der Waals surface area contributed by atoms with Gasteiger partial charge in [0.05, 0.1) is 56.3 Å². The Morgan fingerprint density at radius 1 is 0.632 bits per heavy atom. The van der Waals surface area contributed by atoms with Crippen molar-refractivity contribution >= 4 is 80.6 Å². The normalized spacial score (nSPS) is 11.3. The smallest absolute Gasteiger partial charge is 0.337 e. The molecule has 2 amide bonds. The molecule has 0 saturated carbocycles. The second-order valence-electron chi connectivity index (χ2n) is 15.3. The van der Waals surface area contributed by atoms with Gasteiger partial charge in [0.2, 0.25) is 0 Å². The maximum atomic E-state index is 13.6. The Labute approximate surface area is 390 Å². The number of hydrogen-bond acceptors (Lipinski definition) is 12. The summed E-state index contributed by atoms with van der Waals surface area (Å²) in [6.45, 7) is -0.736. The van der Waals surface area contributed by atoms with Crippen molar-refractivity contribution in [1.29, 1.82) is 5.41 Å². The number of carboxylic acids is 3. The molecule has 5 aromatic rings. The lowest BCUT2D eigenvalue weighted by atomic mass is 9.88. The van der Waals surface area contributed by atoms with Gasteiger partial charge < -0.3 is 55.5 Å². The maximum Gasteiger partial charge on any atom is 0.337 e. The molecule has 3 heterocycles. The zero-order valence-corrected chi connectivity index (χ0v) is 36.0. The van der Waals surface area contributed by atoms with E-state index in [9.17, 15) is 49.2 Å². The Morgan fingerprint density at radius 2 is 1.34 bits per heavy atom. The number of carboxylic acid groups (broad SMARTS) is 3. The summed E-state index contributed by atoms with van der Waals surface area (Å²) in [5.41, 5.74) is 5.99. The molecule has 2 aliphatic carbocycles. The second kappa shape index (κ2) is 17.1. The first kappa shape index (κ1) is 44.3. The van der Waals surface area contributed by atoms with E-state index in [4.69, 9.17) is 47.6 Å². The number of phenolic OH excluding ortho intramolecular Hbond substituents is 1. The number of aromatic carboxylic acids is 3. The third-order valence-corrected chi connectivity index (χ3v) is 11.8. The molecule has 338 valence electrons. The van der Waals surface area contributed by atoms with E-state index in [2.05, 4.69) is 10.6 Å². The zero-order chi connectivity index (χ0) is 48.3. The summed E-state index contributed by atoms with van der Waals surface area (Å²) < 4.78 is 17.8. The molecular weight excluding hydrogens is 923 g/mol. The molecule has 0 unspecified atom stereocenters. The standard InChI is InChI=1S/C49H30Cl2N4O13/c50-33-17-31(43(51)42(49(64)65)41(33)40-27-7-2-21(52)14-36(27)67-37-15-22(53)3-8-28(37)40)45(58)54-18-24-5-12-35(66-24)46(59)55-19-32-34(57)11-10-29-39(26-9-4-23(56)16-38(26)68-44(29)32)25-6-1-20(47(60)61)13-30(25)48(62)63/h1-17,52,56H,18-19,53H2,(H,54,58)(H,55,59)(H,60,61)(H,62,63)(H,64,65). The predicted octanol–water partition coefficient (Wildman–Crippen LogP) is 8.70. The van der Waals surface area contributed by atoms with Crippen molar-refractivity contribution in [3.8, 4) is 50.7 Å². The summed E-state index contributed by atoms with van der Waals surface area (Å²) in [4.78, 5) is 77.5. The van der Waals surface area contributed by atoms with Gasteiger partial charge in [-0.05, 0) is 84.4 Å². The van der Waals surface area contributed by atoms with Gasteiger partial charge in [-0.1, -0.05) is 29.3 Å². The molecular formula is C49H30Cl2N4O13. The van der Waals surface area contributed by atoms with Crippen LogP contribution in [0, 0.1) is 5.41 Å². The van der Waals surface area contributed by atoms with Crippen molar-refractivity contribution in [3.63, 3.8) is 0 Å². The molecule has 0 spiro atoms. The molecule has 19 heteroatoms. The van der Waals surface area contributed by atoms with Gasteiger partial charge in [0.15, 0.2) is 11.2 Å².